The van der Waals surface area contributed by atoms with E-state index >= 15 is 0 Å². The van der Waals surface area contributed by atoms with Crippen LogP contribution in [-0.4, -0.2) is 21.5 Å². The summed E-state index contributed by atoms with van der Waals surface area (Å²) >= 11 is 0. The molecule has 106 valence electrons. The summed E-state index contributed by atoms with van der Waals surface area (Å²) in [6.07, 6.45) is 4.58. The Bertz CT molecular complexity index is 736. The summed E-state index contributed by atoms with van der Waals surface area (Å²) < 4.78 is 0. The van der Waals surface area contributed by atoms with Crippen LogP contribution in [0.3, 0.4) is 0 Å². The van der Waals surface area contributed by atoms with Gasteiger partial charge in [0, 0.05) is 24.3 Å². The van der Waals surface area contributed by atoms with Crippen molar-refractivity contribution in [2.45, 2.75) is 13.3 Å². The normalized spacial score (nSPS) is 10.5. The molecule has 0 fully saturated rings. The van der Waals surface area contributed by atoms with Gasteiger partial charge in [0.1, 0.15) is 5.82 Å². The van der Waals surface area contributed by atoms with Gasteiger partial charge in [0.05, 0.1) is 11.2 Å². The van der Waals surface area contributed by atoms with E-state index in [0.717, 1.165) is 35.4 Å². The lowest BCUT2D eigenvalue weighted by Crippen LogP contribution is -2.04. The SMILES string of the molecule is CCCNc1ccnc(Nc2cccc3cccnc23)n1. The summed E-state index contributed by atoms with van der Waals surface area (Å²) in [7, 11) is 0. The van der Waals surface area contributed by atoms with Gasteiger partial charge in [-0.15, -0.1) is 0 Å². The van der Waals surface area contributed by atoms with E-state index < -0.39 is 0 Å². The number of nitrogens with zero attached hydrogens (tertiary/aromatic N) is 3. The Morgan fingerprint density at radius 3 is 2.81 bits per heavy atom. The fourth-order valence-electron chi connectivity index (χ4n) is 2.10. The number of aromatic nitrogens is 3. The molecule has 0 amide bonds. The third kappa shape index (κ3) is 3.08. The Morgan fingerprint density at radius 1 is 1.00 bits per heavy atom. The maximum atomic E-state index is 4.45. The average Bonchev–Trinajstić information content (AvgIpc) is 2.54. The lowest BCUT2D eigenvalue weighted by molar-refractivity contribution is 0.966. The van der Waals surface area contributed by atoms with Crippen molar-refractivity contribution in [2.75, 3.05) is 17.2 Å². The van der Waals surface area contributed by atoms with Crippen molar-refractivity contribution in [3.05, 3.63) is 48.8 Å². The molecule has 0 unspecified atom stereocenters. The minimum atomic E-state index is 0.564. The molecule has 0 aliphatic rings. The van der Waals surface area contributed by atoms with Crippen molar-refractivity contribution in [2.24, 2.45) is 0 Å². The number of para-hydroxylation sites is 1. The van der Waals surface area contributed by atoms with Gasteiger partial charge in [0.2, 0.25) is 5.95 Å². The van der Waals surface area contributed by atoms with Crippen LogP contribution in [0, 0.1) is 0 Å². The van der Waals surface area contributed by atoms with Crippen molar-refractivity contribution in [3.63, 3.8) is 0 Å². The summed E-state index contributed by atoms with van der Waals surface area (Å²) in [6, 6.07) is 11.8. The Hall–Kier alpha value is -2.69. The van der Waals surface area contributed by atoms with Crippen LogP contribution >= 0.6 is 0 Å². The third-order valence-electron chi connectivity index (χ3n) is 3.09. The maximum absolute atomic E-state index is 4.45. The van der Waals surface area contributed by atoms with Gasteiger partial charge in [-0.3, -0.25) is 4.98 Å². The Morgan fingerprint density at radius 2 is 1.90 bits per heavy atom. The largest absolute Gasteiger partial charge is 0.370 e. The number of anilines is 3. The number of fused-ring (bicyclic) bond motifs is 1. The highest BCUT2D eigenvalue weighted by Crippen LogP contribution is 2.23. The van der Waals surface area contributed by atoms with E-state index in [9.17, 15) is 0 Å². The van der Waals surface area contributed by atoms with Crippen molar-refractivity contribution >= 4 is 28.4 Å². The Balaban J connectivity index is 1.88. The second-order valence-corrected chi connectivity index (χ2v) is 4.70. The molecule has 5 heteroatoms. The number of hydrogen-bond donors (Lipinski definition) is 2. The van der Waals surface area contributed by atoms with E-state index in [2.05, 4.69) is 32.5 Å². The van der Waals surface area contributed by atoms with Crippen LogP contribution in [0.5, 0.6) is 0 Å². The first-order valence-corrected chi connectivity index (χ1v) is 7.04. The van der Waals surface area contributed by atoms with Gasteiger partial charge in [0.25, 0.3) is 0 Å². The van der Waals surface area contributed by atoms with Crippen molar-refractivity contribution in [1.82, 2.24) is 15.0 Å². The van der Waals surface area contributed by atoms with Gasteiger partial charge >= 0.3 is 0 Å². The summed E-state index contributed by atoms with van der Waals surface area (Å²) in [5.74, 6) is 1.39. The highest BCUT2D eigenvalue weighted by atomic mass is 15.1. The molecule has 1 aromatic carbocycles. The quantitative estimate of drug-likeness (QED) is 0.747. The molecule has 21 heavy (non-hydrogen) atoms. The average molecular weight is 279 g/mol. The van der Waals surface area contributed by atoms with Gasteiger partial charge in [-0.1, -0.05) is 25.1 Å². The molecule has 3 aromatic rings. The van der Waals surface area contributed by atoms with Gasteiger partial charge in [-0.2, -0.15) is 4.98 Å². The first-order chi connectivity index (χ1) is 10.4. The van der Waals surface area contributed by atoms with E-state index in [1.165, 1.54) is 0 Å². The molecule has 0 spiro atoms. The predicted molar refractivity (Wildman–Crippen MR) is 85.8 cm³/mol. The Kier molecular flexibility index (Phi) is 3.91. The van der Waals surface area contributed by atoms with Crippen molar-refractivity contribution < 1.29 is 0 Å². The summed E-state index contributed by atoms with van der Waals surface area (Å²) in [4.78, 5) is 13.1. The standard InChI is InChI=1S/C16H17N5/c1-2-9-17-14-8-11-19-16(21-14)20-13-7-3-5-12-6-4-10-18-15(12)13/h3-8,10-11H,2,9H2,1H3,(H2,17,19,20,21). The topological polar surface area (TPSA) is 62.7 Å². The molecule has 2 N–H and O–H groups in total. The minimum absolute atomic E-state index is 0.564. The van der Waals surface area contributed by atoms with Gasteiger partial charge in [0.15, 0.2) is 0 Å². The predicted octanol–water partition coefficient (Wildman–Crippen LogP) is 3.59. The first-order valence-electron chi connectivity index (χ1n) is 7.04. The molecule has 0 atom stereocenters. The molecule has 0 aliphatic carbocycles. The van der Waals surface area contributed by atoms with Crippen LogP contribution in [0.4, 0.5) is 17.5 Å². The van der Waals surface area contributed by atoms with Crippen LogP contribution in [-0.2, 0) is 0 Å². The highest BCUT2D eigenvalue weighted by molar-refractivity contribution is 5.91. The van der Waals surface area contributed by atoms with Gasteiger partial charge in [-0.05, 0) is 24.6 Å². The van der Waals surface area contributed by atoms with Crippen LogP contribution in [0.1, 0.15) is 13.3 Å². The molecule has 2 aromatic heterocycles. The summed E-state index contributed by atoms with van der Waals surface area (Å²) in [5.41, 5.74) is 1.82. The van der Waals surface area contributed by atoms with Gasteiger partial charge < -0.3 is 10.6 Å². The molecule has 0 saturated heterocycles. The van der Waals surface area contributed by atoms with Gasteiger partial charge in [-0.25, -0.2) is 4.98 Å². The number of hydrogen-bond acceptors (Lipinski definition) is 5. The number of rotatable bonds is 5. The number of benzene rings is 1. The smallest absolute Gasteiger partial charge is 0.229 e. The molecule has 0 saturated carbocycles. The fraction of sp³-hybridized carbons (Fsp3) is 0.188. The van der Waals surface area contributed by atoms with E-state index in [-0.39, 0.29) is 0 Å². The summed E-state index contributed by atoms with van der Waals surface area (Å²) in [5, 5.41) is 7.58. The molecular formula is C16H17N5. The van der Waals surface area contributed by atoms with Crippen LogP contribution < -0.4 is 10.6 Å². The fourth-order valence-corrected chi connectivity index (χ4v) is 2.10. The molecule has 2 heterocycles. The highest BCUT2D eigenvalue weighted by Gasteiger charge is 2.04. The molecule has 0 aliphatic heterocycles. The lowest BCUT2D eigenvalue weighted by atomic mass is 10.2. The van der Waals surface area contributed by atoms with Crippen LogP contribution in [0.25, 0.3) is 10.9 Å². The zero-order valence-corrected chi connectivity index (χ0v) is 11.9. The Labute approximate surface area is 123 Å². The third-order valence-corrected chi connectivity index (χ3v) is 3.09. The lowest BCUT2D eigenvalue weighted by Gasteiger charge is -2.09. The van der Waals surface area contributed by atoms with Crippen molar-refractivity contribution in [1.29, 1.82) is 0 Å². The molecular weight excluding hydrogens is 262 g/mol. The minimum Gasteiger partial charge on any atom is -0.370 e. The molecule has 5 nitrogen and oxygen atoms in total. The molecule has 3 rings (SSSR count). The maximum Gasteiger partial charge on any atom is 0.229 e. The van der Waals surface area contributed by atoms with Crippen molar-refractivity contribution in [3.8, 4) is 0 Å². The second-order valence-electron chi connectivity index (χ2n) is 4.70. The molecule has 0 radical (unpaired) electrons. The van der Waals surface area contributed by atoms with E-state index in [1.54, 1.807) is 12.4 Å². The summed E-state index contributed by atoms with van der Waals surface area (Å²) in [6.45, 7) is 3.02. The van der Waals surface area contributed by atoms with E-state index in [0.29, 0.717) is 5.95 Å². The van der Waals surface area contributed by atoms with Crippen LogP contribution in [0.2, 0.25) is 0 Å². The number of pyridine rings is 1. The second kappa shape index (κ2) is 6.17. The molecule has 0 bridgehead atoms. The van der Waals surface area contributed by atoms with Crippen LogP contribution in [0.15, 0.2) is 48.8 Å². The zero-order valence-electron chi connectivity index (χ0n) is 11.9. The monoisotopic (exact) mass is 279 g/mol. The first kappa shape index (κ1) is 13.3. The van der Waals surface area contributed by atoms with E-state index in [1.807, 2.05) is 36.4 Å². The number of nitrogens with one attached hydrogen (secondary N) is 2. The van der Waals surface area contributed by atoms with E-state index in [4.69, 9.17) is 0 Å². The zero-order chi connectivity index (χ0) is 14.5.